The van der Waals surface area contributed by atoms with Gasteiger partial charge in [-0.05, 0) is 43.2 Å². The number of benzene rings is 2. The Morgan fingerprint density at radius 3 is 2.43 bits per heavy atom. The van der Waals surface area contributed by atoms with Crippen LogP contribution >= 0.6 is 11.6 Å². The minimum Gasteiger partial charge on any atom is -0.267 e. The summed E-state index contributed by atoms with van der Waals surface area (Å²) in [4.78, 5) is 22.6. The molecule has 1 saturated heterocycles. The topological polar surface area (TPSA) is 122 Å². The number of hydrazone groups is 1. The fourth-order valence-electron chi connectivity index (χ4n) is 3.00. The van der Waals surface area contributed by atoms with E-state index in [1.54, 1.807) is 0 Å². The molecule has 0 aromatic heterocycles. The SMILES string of the molecule is O=C(N/N=C/c1cc([N+](=O)[O-])ccc1Cl)c1ccc(S(=O)(=O)N2CCCCC2)cc1. The summed E-state index contributed by atoms with van der Waals surface area (Å²) in [6.45, 7) is 0.999. The molecule has 1 fully saturated rings. The molecule has 2 aromatic rings. The van der Waals surface area contributed by atoms with Crippen LogP contribution in [-0.2, 0) is 10.0 Å². The largest absolute Gasteiger partial charge is 0.271 e. The van der Waals surface area contributed by atoms with Gasteiger partial charge in [0.1, 0.15) is 0 Å². The van der Waals surface area contributed by atoms with Gasteiger partial charge >= 0.3 is 0 Å². The van der Waals surface area contributed by atoms with Gasteiger partial charge in [0.2, 0.25) is 10.0 Å². The van der Waals surface area contributed by atoms with Gasteiger partial charge in [0.05, 0.1) is 16.0 Å². The van der Waals surface area contributed by atoms with Crippen molar-refractivity contribution in [2.45, 2.75) is 24.2 Å². The maximum atomic E-state index is 12.6. The molecule has 0 bridgehead atoms. The second kappa shape index (κ2) is 9.33. The minimum atomic E-state index is -3.57. The summed E-state index contributed by atoms with van der Waals surface area (Å²) in [5, 5.41) is 14.8. The second-order valence-electron chi connectivity index (χ2n) is 6.65. The highest BCUT2D eigenvalue weighted by molar-refractivity contribution is 7.89. The molecular formula is C19H19ClN4O5S. The second-order valence-corrected chi connectivity index (χ2v) is 9.00. The third-order valence-electron chi connectivity index (χ3n) is 4.63. The van der Waals surface area contributed by atoms with Crippen molar-refractivity contribution in [1.82, 2.24) is 9.73 Å². The molecule has 0 saturated carbocycles. The molecule has 0 atom stereocenters. The quantitative estimate of drug-likeness (QED) is 0.411. The van der Waals surface area contributed by atoms with Crippen LogP contribution in [-0.4, -0.2) is 42.9 Å². The molecule has 9 nitrogen and oxygen atoms in total. The molecule has 0 aliphatic carbocycles. The van der Waals surface area contributed by atoms with Crippen molar-refractivity contribution in [3.63, 3.8) is 0 Å². The number of nitrogens with zero attached hydrogens (tertiary/aromatic N) is 3. The van der Waals surface area contributed by atoms with Gasteiger partial charge in [-0.2, -0.15) is 9.41 Å². The lowest BCUT2D eigenvalue weighted by Gasteiger charge is -2.25. The Morgan fingerprint density at radius 1 is 1.13 bits per heavy atom. The van der Waals surface area contributed by atoms with Crippen molar-refractivity contribution in [2.75, 3.05) is 13.1 Å². The number of rotatable bonds is 6. The average molecular weight is 451 g/mol. The predicted octanol–water partition coefficient (Wildman–Crippen LogP) is 3.19. The molecular weight excluding hydrogens is 432 g/mol. The molecule has 1 aliphatic heterocycles. The van der Waals surface area contributed by atoms with Crippen molar-refractivity contribution in [3.8, 4) is 0 Å². The molecule has 3 rings (SSSR count). The van der Waals surface area contributed by atoms with E-state index in [9.17, 15) is 23.3 Å². The first kappa shape index (κ1) is 21.9. The molecule has 30 heavy (non-hydrogen) atoms. The van der Waals surface area contributed by atoms with Crippen LogP contribution in [0.1, 0.15) is 35.2 Å². The van der Waals surface area contributed by atoms with Crippen molar-refractivity contribution >= 4 is 39.4 Å². The Balaban J connectivity index is 1.67. The van der Waals surface area contributed by atoms with E-state index in [1.165, 1.54) is 53.0 Å². The Kier molecular flexibility index (Phi) is 6.80. The molecule has 1 N–H and O–H groups in total. The monoisotopic (exact) mass is 450 g/mol. The van der Waals surface area contributed by atoms with E-state index in [0.717, 1.165) is 19.3 Å². The lowest BCUT2D eigenvalue weighted by Crippen LogP contribution is -2.35. The number of nitrogens with one attached hydrogen (secondary N) is 1. The third kappa shape index (κ3) is 5.02. The van der Waals surface area contributed by atoms with Gasteiger partial charge in [0.25, 0.3) is 11.6 Å². The Hall–Kier alpha value is -2.82. The van der Waals surface area contributed by atoms with Crippen LogP contribution < -0.4 is 5.43 Å². The standard InChI is InChI=1S/C19H19ClN4O5S/c20-18-9-6-16(24(26)27)12-15(18)13-21-22-19(25)14-4-7-17(8-5-14)30(28,29)23-10-2-1-3-11-23/h4-9,12-13H,1-3,10-11H2,(H,22,25)/b21-13+. The van der Waals surface area contributed by atoms with Crippen LogP contribution in [0, 0.1) is 10.1 Å². The predicted molar refractivity (Wildman–Crippen MR) is 112 cm³/mol. The fraction of sp³-hybridized carbons (Fsp3) is 0.263. The number of non-ortho nitro benzene ring substituents is 1. The number of hydrogen-bond donors (Lipinski definition) is 1. The highest BCUT2D eigenvalue weighted by atomic mass is 35.5. The number of halogens is 1. The van der Waals surface area contributed by atoms with Crippen LogP contribution in [0.2, 0.25) is 5.02 Å². The summed E-state index contributed by atoms with van der Waals surface area (Å²) in [6, 6.07) is 9.45. The molecule has 0 unspecified atom stereocenters. The molecule has 158 valence electrons. The number of piperidine rings is 1. The van der Waals surface area contributed by atoms with E-state index in [0.29, 0.717) is 13.1 Å². The molecule has 0 radical (unpaired) electrons. The van der Waals surface area contributed by atoms with E-state index in [2.05, 4.69) is 10.5 Å². The number of carbonyl (C=O) groups is 1. The van der Waals surface area contributed by atoms with Crippen LogP contribution in [0.25, 0.3) is 0 Å². The zero-order valence-corrected chi connectivity index (χ0v) is 17.4. The van der Waals surface area contributed by atoms with E-state index < -0.39 is 20.9 Å². The van der Waals surface area contributed by atoms with E-state index in [-0.39, 0.29) is 26.7 Å². The van der Waals surface area contributed by atoms with Gasteiger partial charge in [-0.25, -0.2) is 13.8 Å². The Bertz CT molecular complexity index is 1080. The summed E-state index contributed by atoms with van der Waals surface area (Å²) in [7, 11) is -3.57. The highest BCUT2D eigenvalue weighted by Crippen LogP contribution is 2.22. The molecule has 11 heteroatoms. The van der Waals surface area contributed by atoms with Crippen molar-refractivity contribution in [1.29, 1.82) is 0 Å². The molecule has 1 amide bonds. The number of nitro benzene ring substituents is 1. The fourth-order valence-corrected chi connectivity index (χ4v) is 4.68. The van der Waals surface area contributed by atoms with Crippen molar-refractivity contribution < 1.29 is 18.1 Å². The molecule has 2 aromatic carbocycles. The van der Waals surface area contributed by atoms with Gasteiger partial charge in [0, 0.05) is 41.4 Å². The van der Waals surface area contributed by atoms with Crippen molar-refractivity contribution in [3.05, 3.63) is 68.7 Å². The van der Waals surface area contributed by atoms with Crippen molar-refractivity contribution in [2.24, 2.45) is 5.10 Å². The number of sulfonamides is 1. The zero-order chi connectivity index (χ0) is 21.7. The molecule has 1 heterocycles. The van der Waals surface area contributed by atoms with Gasteiger partial charge in [-0.1, -0.05) is 18.0 Å². The number of hydrogen-bond acceptors (Lipinski definition) is 6. The van der Waals surface area contributed by atoms with Gasteiger partial charge in [-0.3, -0.25) is 14.9 Å². The first-order valence-electron chi connectivity index (χ1n) is 9.16. The molecule has 1 aliphatic rings. The van der Waals surface area contributed by atoms with E-state index in [4.69, 9.17) is 11.6 Å². The highest BCUT2D eigenvalue weighted by Gasteiger charge is 2.25. The Morgan fingerprint density at radius 2 is 1.80 bits per heavy atom. The summed E-state index contributed by atoms with van der Waals surface area (Å²) in [5.41, 5.74) is 2.62. The summed E-state index contributed by atoms with van der Waals surface area (Å²) < 4.78 is 26.7. The van der Waals surface area contributed by atoms with Crippen LogP contribution in [0.4, 0.5) is 5.69 Å². The van der Waals surface area contributed by atoms with Gasteiger partial charge < -0.3 is 0 Å². The maximum Gasteiger partial charge on any atom is 0.271 e. The first-order valence-corrected chi connectivity index (χ1v) is 11.0. The summed E-state index contributed by atoms with van der Waals surface area (Å²) in [6.07, 6.45) is 3.90. The third-order valence-corrected chi connectivity index (χ3v) is 6.89. The number of amides is 1. The maximum absolute atomic E-state index is 12.6. The number of nitro groups is 1. The zero-order valence-electron chi connectivity index (χ0n) is 15.8. The van der Waals surface area contributed by atoms with Gasteiger partial charge in [0.15, 0.2) is 0 Å². The smallest absolute Gasteiger partial charge is 0.267 e. The van der Waals surface area contributed by atoms with E-state index in [1.807, 2.05) is 0 Å². The molecule has 0 spiro atoms. The van der Waals surface area contributed by atoms with Crippen LogP contribution in [0.5, 0.6) is 0 Å². The normalized spacial score (nSPS) is 15.2. The summed E-state index contributed by atoms with van der Waals surface area (Å²) in [5.74, 6) is -0.560. The number of carbonyl (C=O) groups excluding carboxylic acids is 1. The van der Waals surface area contributed by atoms with E-state index >= 15 is 0 Å². The lowest BCUT2D eigenvalue weighted by atomic mass is 10.2. The average Bonchev–Trinajstić information content (AvgIpc) is 2.75. The van der Waals surface area contributed by atoms with Crippen LogP contribution in [0.15, 0.2) is 52.5 Å². The first-order chi connectivity index (χ1) is 14.3. The van der Waals surface area contributed by atoms with Crippen LogP contribution in [0.3, 0.4) is 0 Å². The van der Waals surface area contributed by atoms with Gasteiger partial charge in [-0.15, -0.1) is 0 Å². The minimum absolute atomic E-state index is 0.132. The Labute approximate surface area is 178 Å². The summed E-state index contributed by atoms with van der Waals surface area (Å²) >= 11 is 5.97. The lowest BCUT2D eigenvalue weighted by molar-refractivity contribution is -0.384.